The van der Waals surface area contributed by atoms with Crippen LogP contribution >= 0.6 is 28.1 Å². The van der Waals surface area contributed by atoms with Crippen LogP contribution in [0.25, 0.3) is 0 Å². The van der Waals surface area contributed by atoms with Crippen LogP contribution in [-0.4, -0.2) is 30.1 Å². The van der Waals surface area contributed by atoms with E-state index in [1.165, 1.54) is 12.8 Å². The van der Waals surface area contributed by atoms with Gasteiger partial charge < -0.3 is 9.47 Å². The van der Waals surface area contributed by atoms with E-state index in [0.717, 1.165) is 24.0 Å². The Morgan fingerprint density at radius 2 is 1.77 bits per heavy atom. The Bertz CT molecular complexity index is 1030. The lowest BCUT2D eigenvalue weighted by molar-refractivity contribution is -0.123. The number of halogens is 1. The fourth-order valence-corrected chi connectivity index (χ4v) is 3.86. The van der Waals surface area contributed by atoms with E-state index in [2.05, 4.69) is 52.9 Å². The van der Waals surface area contributed by atoms with Crippen LogP contribution in [0.15, 0.2) is 40.9 Å². The minimum absolute atomic E-state index is 0.0332. The summed E-state index contributed by atoms with van der Waals surface area (Å²) in [6.45, 7) is 8.69. The van der Waals surface area contributed by atoms with E-state index in [-0.39, 0.29) is 17.6 Å². The Balaban J connectivity index is 1.78. The Hall–Kier alpha value is -2.65. The second kappa shape index (κ2) is 14.7. The molecule has 0 saturated carbocycles. The van der Waals surface area contributed by atoms with Crippen molar-refractivity contribution in [1.82, 2.24) is 16.2 Å². The molecular weight excluding hydrogens is 530 g/mol. The summed E-state index contributed by atoms with van der Waals surface area (Å²) < 4.78 is 12.1. The molecule has 2 rings (SSSR count). The average Bonchev–Trinajstić information content (AvgIpc) is 2.81. The zero-order valence-electron chi connectivity index (χ0n) is 20.7. The fourth-order valence-electron chi connectivity index (χ4n) is 3.23. The Morgan fingerprint density at radius 1 is 1.00 bits per heavy atom. The molecule has 2 aromatic carbocycles. The molecule has 35 heavy (non-hydrogen) atoms. The molecule has 0 bridgehead atoms. The summed E-state index contributed by atoms with van der Waals surface area (Å²) in [7, 11) is 0. The molecule has 7 nitrogen and oxygen atoms in total. The van der Waals surface area contributed by atoms with Crippen LogP contribution in [0.3, 0.4) is 0 Å². The first-order valence-electron chi connectivity index (χ1n) is 11.8. The molecule has 0 aliphatic heterocycles. The summed E-state index contributed by atoms with van der Waals surface area (Å²) in [4.78, 5) is 24.7. The number of ether oxygens (including phenoxy) is 2. The number of benzene rings is 2. The predicted molar refractivity (Wildman–Crippen MR) is 146 cm³/mol. The third-order valence-corrected chi connectivity index (χ3v) is 5.97. The van der Waals surface area contributed by atoms with Crippen molar-refractivity contribution < 1.29 is 19.1 Å². The van der Waals surface area contributed by atoms with Crippen LogP contribution in [0.5, 0.6) is 11.5 Å². The molecule has 0 aromatic heterocycles. The van der Waals surface area contributed by atoms with Crippen molar-refractivity contribution in [2.75, 3.05) is 13.2 Å². The van der Waals surface area contributed by atoms with E-state index >= 15 is 0 Å². The van der Waals surface area contributed by atoms with Gasteiger partial charge in [0.2, 0.25) is 0 Å². The summed E-state index contributed by atoms with van der Waals surface area (Å²) in [5.41, 5.74) is 7.42. The van der Waals surface area contributed by atoms with E-state index in [1.54, 1.807) is 18.2 Å². The second-order valence-corrected chi connectivity index (χ2v) is 9.76. The first-order chi connectivity index (χ1) is 16.7. The fraction of sp³-hybridized carbons (Fsp3) is 0.423. The van der Waals surface area contributed by atoms with Crippen molar-refractivity contribution >= 4 is 45.1 Å². The Kier molecular flexibility index (Phi) is 12.0. The third-order valence-electron chi connectivity index (χ3n) is 5.14. The number of carbonyl (C=O) groups excluding carboxylic acids is 2. The lowest BCUT2D eigenvalue weighted by Gasteiger charge is -2.15. The molecule has 2 aromatic rings. The number of carbonyl (C=O) groups is 2. The minimum Gasteiger partial charge on any atom is -0.492 e. The van der Waals surface area contributed by atoms with Crippen LogP contribution in [-0.2, 0) is 4.79 Å². The molecule has 3 N–H and O–H groups in total. The summed E-state index contributed by atoms with van der Waals surface area (Å²) in [5, 5.41) is 2.50. The maximum Gasteiger partial charge on any atom is 0.276 e. The molecule has 0 aliphatic carbocycles. The normalized spacial score (nSPS) is 10.6. The van der Waals surface area contributed by atoms with E-state index < -0.39 is 11.8 Å². The van der Waals surface area contributed by atoms with Gasteiger partial charge in [0.15, 0.2) is 11.7 Å². The highest BCUT2D eigenvalue weighted by Gasteiger charge is 2.13. The lowest BCUT2D eigenvalue weighted by Crippen LogP contribution is -2.49. The van der Waals surface area contributed by atoms with Crippen molar-refractivity contribution in [2.24, 2.45) is 0 Å². The molecule has 0 saturated heterocycles. The van der Waals surface area contributed by atoms with Crippen LogP contribution in [0.1, 0.15) is 73.9 Å². The highest BCUT2D eigenvalue weighted by Crippen LogP contribution is 2.28. The van der Waals surface area contributed by atoms with Gasteiger partial charge in [-0.1, -0.05) is 52.2 Å². The molecule has 0 aliphatic rings. The van der Waals surface area contributed by atoms with Crippen molar-refractivity contribution in [2.45, 2.75) is 59.3 Å². The predicted octanol–water partition coefficient (Wildman–Crippen LogP) is 5.55. The standard InChI is InChI=1S/C26H34BrN3O4S/c1-5-6-7-8-13-33-22-12-10-19(15-21(22)27)25(32)28-26(35)30-29-24(31)16-34-23-14-18(4)9-11-20(23)17(2)3/h9-12,14-15,17H,5-8,13,16H2,1-4H3,(H,29,31)(H2,28,30,32,35). The molecule has 0 heterocycles. The van der Waals surface area contributed by atoms with Gasteiger partial charge in [-0.2, -0.15) is 0 Å². The molecule has 0 spiro atoms. The van der Waals surface area contributed by atoms with Gasteiger partial charge in [-0.05, 0) is 82.8 Å². The molecule has 0 fully saturated rings. The summed E-state index contributed by atoms with van der Waals surface area (Å²) in [6, 6.07) is 11.0. The first kappa shape index (κ1) is 28.6. The molecule has 190 valence electrons. The maximum absolute atomic E-state index is 12.5. The smallest absolute Gasteiger partial charge is 0.276 e. The van der Waals surface area contributed by atoms with Gasteiger partial charge in [0, 0.05) is 5.56 Å². The SMILES string of the molecule is CCCCCCOc1ccc(C(=O)NC(=S)NNC(=O)COc2cc(C)ccc2C(C)C)cc1Br. The Morgan fingerprint density at radius 3 is 2.46 bits per heavy atom. The monoisotopic (exact) mass is 563 g/mol. The zero-order chi connectivity index (χ0) is 25.8. The van der Waals surface area contributed by atoms with Crippen molar-refractivity contribution in [3.05, 3.63) is 57.6 Å². The van der Waals surface area contributed by atoms with Crippen LogP contribution < -0.4 is 25.6 Å². The molecular formula is C26H34BrN3O4S. The summed E-state index contributed by atoms with van der Waals surface area (Å²) >= 11 is 8.56. The number of amides is 2. The number of aryl methyl sites for hydroxylation is 1. The highest BCUT2D eigenvalue weighted by molar-refractivity contribution is 9.10. The number of hydrogen-bond donors (Lipinski definition) is 3. The van der Waals surface area contributed by atoms with Gasteiger partial charge in [-0.15, -0.1) is 0 Å². The molecule has 9 heteroatoms. The Labute approximate surface area is 221 Å². The quantitative estimate of drug-likeness (QED) is 0.188. The molecule has 0 radical (unpaired) electrons. The molecule has 0 unspecified atom stereocenters. The van der Waals surface area contributed by atoms with Gasteiger partial charge in [-0.25, -0.2) is 0 Å². The van der Waals surface area contributed by atoms with Crippen LogP contribution in [0.4, 0.5) is 0 Å². The summed E-state index contributed by atoms with van der Waals surface area (Å²) in [5.74, 6) is 0.775. The van der Waals surface area contributed by atoms with E-state index in [4.69, 9.17) is 21.7 Å². The second-order valence-electron chi connectivity index (χ2n) is 8.50. The third kappa shape index (κ3) is 9.85. The van der Waals surface area contributed by atoms with Gasteiger partial charge >= 0.3 is 0 Å². The zero-order valence-corrected chi connectivity index (χ0v) is 23.1. The van der Waals surface area contributed by atoms with Gasteiger partial charge in [0.25, 0.3) is 11.8 Å². The van der Waals surface area contributed by atoms with Crippen molar-refractivity contribution in [3.63, 3.8) is 0 Å². The van der Waals surface area contributed by atoms with Gasteiger partial charge in [0.1, 0.15) is 11.5 Å². The van der Waals surface area contributed by atoms with E-state index in [1.807, 2.05) is 25.1 Å². The van der Waals surface area contributed by atoms with Gasteiger partial charge in [-0.3, -0.25) is 25.8 Å². The van der Waals surface area contributed by atoms with Crippen LogP contribution in [0, 0.1) is 6.92 Å². The van der Waals surface area contributed by atoms with E-state index in [0.29, 0.717) is 28.1 Å². The molecule has 0 atom stereocenters. The highest BCUT2D eigenvalue weighted by atomic mass is 79.9. The summed E-state index contributed by atoms with van der Waals surface area (Å²) in [6.07, 6.45) is 4.49. The topological polar surface area (TPSA) is 88.7 Å². The maximum atomic E-state index is 12.5. The van der Waals surface area contributed by atoms with Crippen molar-refractivity contribution in [1.29, 1.82) is 0 Å². The van der Waals surface area contributed by atoms with Crippen molar-refractivity contribution in [3.8, 4) is 11.5 Å². The van der Waals surface area contributed by atoms with E-state index in [9.17, 15) is 9.59 Å². The largest absolute Gasteiger partial charge is 0.492 e. The van der Waals surface area contributed by atoms with Gasteiger partial charge in [0.05, 0.1) is 11.1 Å². The number of hydrogen-bond acceptors (Lipinski definition) is 5. The number of thiocarbonyl (C=S) groups is 1. The minimum atomic E-state index is -0.430. The number of rotatable bonds is 11. The number of unbranched alkanes of at least 4 members (excludes halogenated alkanes) is 3. The average molecular weight is 565 g/mol. The lowest BCUT2D eigenvalue weighted by atomic mass is 10.0. The number of nitrogens with one attached hydrogen (secondary N) is 3. The first-order valence-corrected chi connectivity index (χ1v) is 13.0. The van der Waals surface area contributed by atoms with Crippen LogP contribution in [0.2, 0.25) is 0 Å². The number of hydrazine groups is 1. The molecule has 2 amide bonds.